The molecule has 5 nitrogen and oxygen atoms in total. The molecule has 1 aliphatic heterocycles. The van der Waals surface area contributed by atoms with Crippen LogP contribution < -0.4 is 15.5 Å². The maximum Gasteiger partial charge on any atom is 0.166 e. The lowest BCUT2D eigenvalue weighted by Crippen LogP contribution is -2.53. The maximum atomic E-state index is 5.34. The molecule has 0 saturated carbocycles. The molecule has 0 amide bonds. The van der Waals surface area contributed by atoms with E-state index in [2.05, 4.69) is 57.7 Å². The standard InChI is InChI=1S/C19H32N4OS/c1-3-24-15-7-10-20-19(25)21-16-17(2)22-11-13-23(14-12-22)18-8-5-4-6-9-18/h4-6,8-9,17H,3,7,10-16H2,1-2H3,(H2,20,21,25). The molecule has 1 aliphatic rings. The summed E-state index contributed by atoms with van der Waals surface area (Å²) in [4.78, 5) is 4.99. The molecule has 140 valence electrons. The summed E-state index contributed by atoms with van der Waals surface area (Å²) in [6, 6.07) is 11.1. The second-order valence-corrected chi connectivity index (χ2v) is 6.80. The highest BCUT2D eigenvalue weighted by Gasteiger charge is 2.21. The van der Waals surface area contributed by atoms with Gasteiger partial charge in [0, 0.05) is 64.2 Å². The van der Waals surface area contributed by atoms with Crippen LogP contribution in [-0.2, 0) is 4.74 Å². The molecule has 1 saturated heterocycles. The summed E-state index contributed by atoms with van der Waals surface area (Å²) in [6.45, 7) is 11.9. The SMILES string of the molecule is CCOCCCNC(=S)NCC(C)N1CCN(c2ccccc2)CC1. The van der Waals surface area contributed by atoms with Gasteiger partial charge in [0.05, 0.1) is 0 Å². The fourth-order valence-corrected chi connectivity index (χ4v) is 3.20. The van der Waals surface area contributed by atoms with Gasteiger partial charge in [0.25, 0.3) is 0 Å². The van der Waals surface area contributed by atoms with Crippen LogP contribution >= 0.6 is 12.2 Å². The first kappa shape index (κ1) is 19.9. The summed E-state index contributed by atoms with van der Waals surface area (Å²) >= 11 is 5.34. The van der Waals surface area contributed by atoms with Crippen LogP contribution in [0.1, 0.15) is 20.3 Å². The number of rotatable bonds is 9. The van der Waals surface area contributed by atoms with E-state index >= 15 is 0 Å². The van der Waals surface area contributed by atoms with Crippen molar-refractivity contribution in [3.05, 3.63) is 30.3 Å². The Labute approximate surface area is 157 Å². The van der Waals surface area contributed by atoms with Crippen molar-refractivity contribution in [1.82, 2.24) is 15.5 Å². The van der Waals surface area contributed by atoms with Gasteiger partial charge in [0.15, 0.2) is 5.11 Å². The van der Waals surface area contributed by atoms with Gasteiger partial charge in [-0.05, 0) is 44.6 Å². The molecule has 0 bridgehead atoms. The minimum atomic E-state index is 0.473. The van der Waals surface area contributed by atoms with Crippen LogP contribution in [0.2, 0.25) is 0 Å². The van der Waals surface area contributed by atoms with Crippen LogP contribution in [0, 0.1) is 0 Å². The van der Waals surface area contributed by atoms with E-state index in [0.29, 0.717) is 6.04 Å². The summed E-state index contributed by atoms with van der Waals surface area (Å²) in [7, 11) is 0. The predicted molar refractivity (Wildman–Crippen MR) is 109 cm³/mol. The smallest absolute Gasteiger partial charge is 0.166 e. The molecule has 1 aromatic carbocycles. The van der Waals surface area contributed by atoms with Crippen LogP contribution in [-0.4, -0.2) is 68.5 Å². The summed E-state index contributed by atoms with van der Waals surface area (Å²) in [6.07, 6.45) is 0.979. The number of anilines is 1. The van der Waals surface area contributed by atoms with Gasteiger partial charge in [-0.15, -0.1) is 0 Å². The Bertz CT molecular complexity index is 491. The zero-order valence-corrected chi connectivity index (χ0v) is 16.4. The van der Waals surface area contributed by atoms with E-state index in [4.69, 9.17) is 17.0 Å². The Kier molecular flexibility index (Phi) is 9.00. The van der Waals surface area contributed by atoms with Crippen molar-refractivity contribution < 1.29 is 4.74 Å². The summed E-state index contributed by atoms with van der Waals surface area (Å²) < 4.78 is 5.32. The first-order valence-corrected chi connectivity index (χ1v) is 9.75. The Hall–Kier alpha value is -1.37. The zero-order chi connectivity index (χ0) is 17.9. The van der Waals surface area contributed by atoms with Gasteiger partial charge in [0.2, 0.25) is 0 Å². The Balaban J connectivity index is 1.60. The van der Waals surface area contributed by atoms with E-state index in [1.54, 1.807) is 0 Å². The molecular weight excluding hydrogens is 332 g/mol. The highest BCUT2D eigenvalue weighted by atomic mass is 32.1. The molecule has 25 heavy (non-hydrogen) atoms. The van der Waals surface area contributed by atoms with Crippen LogP contribution in [0.4, 0.5) is 5.69 Å². The van der Waals surface area contributed by atoms with Crippen LogP contribution in [0.5, 0.6) is 0 Å². The van der Waals surface area contributed by atoms with E-state index in [-0.39, 0.29) is 0 Å². The van der Waals surface area contributed by atoms with Crippen molar-refractivity contribution in [2.75, 3.05) is 57.4 Å². The summed E-state index contributed by atoms with van der Waals surface area (Å²) in [5.41, 5.74) is 1.32. The van der Waals surface area contributed by atoms with Gasteiger partial charge in [-0.2, -0.15) is 0 Å². The van der Waals surface area contributed by atoms with Crippen molar-refractivity contribution in [2.24, 2.45) is 0 Å². The van der Waals surface area contributed by atoms with E-state index in [0.717, 1.165) is 64.0 Å². The number of piperazine rings is 1. The van der Waals surface area contributed by atoms with Gasteiger partial charge in [-0.25, -0.2) is 0 Å². The molecule has 1 atom stereocenters. The van der Waals surface area contributed by atoms with Crippen LogP contribution in [0.25, 0.3) is 0 Å². The number of benzene rings is 1. The monoisotopic (exact) mass is 364 g/mol. The minimum absolute atomic E-state index is 0.473. The quantitative estimate of drug-likeness (QED) is 0.516. The molecule has 6 heteroatoms. The second kappa shape index (κ2) is 11.3. The average molecular weight is 365 g/mol. The maximum absolute atomic E-state index is 5.34. The molecule has 1 heterocycles. The second-order valence-electron chi connectivity index (χ2n) is 6.39. The Morgan fingerprint density at radius 2 is 1.88 bits per heavy atom. The molecule has 2 N–H and O–H groups in total. The van der Waals surface area contributed by atoms with Crippen molar-refractivity contribution in [1.29, 1.82) is 0 Å². The van der Waals surface area contributed by atoms with Crippen molar-refractivity contribution in [2.45, 2.75) is 26.3 Å². The fourth-order valence-electron chi connectivity index (χ4n) is 3.01. The first-order valence-electron chi connectivity index (χ1n) is 9.34. The van der Waals surface area contributed by atoms with E-state index < -0.39 is 0 Å². The van der Waals surface area contributed by atoms with E-state index in [1.165, 1.54) is 5.69 Å². The number of hydrogen-bond donors (Lipinski definition) is 2. The molecule has 2 rings (SSSR count). The number of ether oxygens (including phenoxy) is 1. The lowest BCUT2D eigenvalue weighted by Gasteiger charge is -2.39. The number of nitrogens with zero attached hydrogens (tertiary/aromatic N) is 2. The third-order valence-corrected chi connectivity index (χ3v) is 4.86. The Morgan fingerprint density at radius 3 is 2.56 bits per heavy atom. The predicted octanol–water partition coefficient (Wildman–Crippen LogP) is 2.09. The highest BCUT2D eigenvalue weighted by Crippen LogP contribution is 2.16. The number of para-hydroxylation sites is 1. The molecule has 1 fully saturated rings. The average Bonchev–Trinajstić information content (AvgIpc) is 2.67. The summed E-state index contributed by atoms with van der Waals surface area (Å²) in [5, 5.41) is 7.32. The van der Waals surface area contributed by atoms with Crippen molar-refractivity contribution in [3.8, 4) is 0 Å². The van der Waals surface area contributed by atoms with Gasteiger partial charge in [-0.3, -0.25) is 4.90 Å². The molecule has 0 aromatic heterocycles. The first-order chi connectivity index (χ1) is 12.2. The number of nitrogens with one attached hydrogen (secondary N) is 2. The van der Waals surface area contributed by atoms with Crippen molar-refractivity contribution >= 4 is 23.0 Å². The van der Waals surface area contributed by atoms with Crippen LogP contribution in [0.3, 0.4) is 0 Å². The highest BCUT2D eigenvalue weighted by molar-refractivity contribution is 7.80. The molecule has 0 aliphatic carbocycles. The third kappa shape index (κ3) is 7.18. The molecule has 0 spiro atoms. The van der Waals surface area contributed by atoms with Gasteiger partial charge < -0.3 is 20.3 Å². The number of hydrogen-bond acceptors (Lipinski definition) is 4. The molecular formula is C19H32N4OS. The fraction of sp³-hybridized carbons (Fsp3) is 0.632. The topological polar surface area (TPSA) is 39.8 Å². The lowest BCUT2D eigenvalue weighted by atomic mass is 10.2. The normalized spacial score (nSPS) is 16.5. The zero-order valence-electron chi connectivity index (χ0n) is 15.5. The van der Waals surface area contributed by atoms with Gasteiger partial charge in [-0.1, -0.05) is 18.2 Å². The van der Waals surface area contributed by atoms with Crippen molar-refractivity contribution in [3.63, 3.8) is 0 Å². The molecule has 0 radical (unpaired) electrons. The number of thiocarbonyl (C=S) groups is 1. The van der Waals surface area contributed by atoms with E-state index in [1.807, 2.05) is 6.92 Å². The lowest BCUT2D eigenvalue weighted by molar-refractivity contribution is 0.145. The molecule has 1 aromatic rings. The van der Waals surface area contributed by atoms with E-state index in [9.17, 15) is 0 Å². The minimum Gasteiger partial charge on any atom is -0.382 e. The largest absolute Gasteiger partial charge is 0.382 e. The summed E-state index contributed by atoms with van der Waals surface area (Å²) in [5.74, 6) is 0. The van der Waals surface area contributed by atoms with Gasteiger partial charge >= 0.3 is 0 Å². The van der Waals surface area contributed by atoms with Crippen LogP contribution in [0.15, 0.2) is 30.3 Å². The third-order valence-electron chi connectivity index (χ3n) is 4.57. The molecule has 1 unspecified atom stereocenters. The van der Waals surface area contributed by atoms with Gasteiger partial charge in [0.1, 0.15) is 0 Å². The Morgan fingerprint density at radius 1 is 1.16 bits per heavy atom.